The summed E-state index contributed by atoms with van der Waals surface area (Å²) in [6.45, 7) is 6.07. The summed E-state index contributed by atoms with van der Waals surface area (Å²) in [7, 11) is 0. The first-order valence-corrected chi connectivity index (χ1v) is 6.58. The zero-order valence-corrected chi connectivity index (χ0v) is 11.1. The molecule has 0 radical (unpaired) electrons. The van der Waals surface area contributed by atoms with Gasteiger partial charge in [-0.15, -0.1) is 0 Å². The number of allylic oxidation sites excluding steroid dienone is 1. The van der Waals surface area contributed by atoms with Crippen LogP contribution in [-0.2, 0) is 9.53 Å². The van der Waals surface area contributed by atoms with E-state index in [4.69, 9.17) is 4.74 Å². The molecule has 2 atom stereocenters. The van der Waals surface area contributed by atoms with Crippen LogP contribution in [0.1, 0.15) is 46.5 Å². The molecule has 0 fully saturated rings. The van der Waals surface area contributed by atoms with Crippen LogP contribution in [0.3, 0.4) is 0 Å². The van der Waals surface area contributed by atoms with Crippen LogP contribution in [0, 0.1) is 11.8 Å². The summed E-state index contributed by atoms with van der Waals surface area (Å²) in [6.07, 6.45) is 7.45. The molecule has 17 heavy (non-hydrogen) atoms. The molecule has 0 aromatic heterocycles. The maximum atomic E-state index is 12.0. The fraction of sp³-hybridized carbons (Fsp3) is 0.786. The van der Waals surface area contributed by atoms with Crippen molar-refractivity contribution in [2.24, 2.45) is 11.8 Å². The van der Waals surface area contributed by atoms with E-state index >= 15 is 0 Å². The molecule has 0 saturated heterocycles. The minimum atomic E-state index is -1.03. The molecular weight excluding hydrogens is 216 g/mol. The smallest absolute Gasteiger partial charge is 0.312 e. The third-order valence-corrected chi connectivity index (χ3v) is 3.35. The molecule has 2 unspecified atom stereocenters. The second-order valence-corrected chi connectivity index (χ2v) is 5.11. The fourth-order valence-corrected chi connectivity index (χ4v) is 2.59. The zero-order valence-electron chi connectivity index (χ0n) is 11.1. The van der Waals surface area contributed by atoms with Crippen LogP contribution in [0.4, 0.5) is 0 Å². The molecule has 1 aliphatic rings. The van der Waals surface area contributed by atoms with Crippen LogP contribution in [0.2, 0.25) is 0 Å². The molecular formula is C14H24O3. The lowest BCUT2D eigenvalue weighted by molar-refractivity contribution is -0.158. The van der Waals surface area contributed by atoms with Gasteiger partial charge in [0.1, 0.15) is 0 Å². The molecule has 98 valence electrons. The molecule has 0 aliphatic heterocycles. The van der Waals surface area contributed by atoms with Crippen molar-refractivity contribution in [1.29, 1.82) is 0 Å². The molecule has 0 aromatic rings. The number of rotatable bonds is 4. The van der Waals surface area contributed by atoms with Gasteiger partial charge in [-0.25, -0.2) is 0 Å². The fourth-order valence-electron chi connectivity index (χ4n) is 2.59. The van der Waals surface area contributed by atoms with Crippen molar-refractivity contribution in [3.63, 3.8) is 0 Å². The van der Waals surface area contributed by atoms with Gasteiger partial charge in [0.2, 0.25) is 0 Å². The highest BCUT2D eigenvalue weighted by Crippen LogP contribution is 2.34. The number of hydrogen-bond donors (Lipinski definition) is 1. The molecule has 1 N–H and O–H groups in total. The quantitative estimate of drug-likeness (QED) is 0.607. The molecule has 0 bridgehead atoms. The highest BCUT2D eigenvalue weighted by Gasteiger charge is 2.42. The Morgan fingerprint density at radius 2 is 2.18 bits per heavy atom. The molecule has 1 aliphatic carbocycles. The Kier molecular flexibility index (Phi) is 5.19. The van der Waals surface area contributed by atoms with E-state index in [9.17, 15) is 9.90 Å². The third kappa shape index (κ3) is 3.56. The van der Waals surface area contributed by atoms with Crippen molar-refractivity contribution >= 4 is 5.97 Å². The Morgan fingerprint density at radius 3 is 2.76 bits per heavy atom. The van der Waals surface area contributed by atoms with E-state index in [1.165, 1.54) is 0 Å². The largest absolute Gasteiger partial charge is 0.466 e. The van der Waals surface area contributed by atoms with Crippen molar-refractivity contribution in [3.05, 3.63) is 12.2 Å². The molecule has 0 saturated carbocycles. The van der Waals surface area contributed by atoms with Crippen LogP contribution in [0.25, 0.3) is 0 Å². The summed E-state index contributed by atoms with van der Waals surface area (Å²) >= 11 is 0. The average Bonchev–Trinajstić information content (AvgIpc) is 2.43. The molecule has 0 aromatic carbocycles. The number of hydrogen-bond acceptors (Lipinski definition) is 3. The van der Waals surface area contributed by atoms with E-state index in [1.54, 1.807) is 6.92 Å². The van der Waals surface area contributed by atoms with Gasteiger partial charge < -0.3 is 9.84 Å². The van der Waals surface area contributed by atoms with Gasteiger partial charge in [0, 0.05) is 0 Å². The Labute approximate surface area is 104 Å². The van der Waals surface area contributed by atoms with Gasteiger partial charge in [0.05, 0.1) is 18.1 Å². The Hall–Kier alpha value is -0.830. The van der Waals surface area contributed by atoms with E-state index in [0.29, 0.717) is 13.0 Å². The van der Waals surface area contributed by atoms with Gasteiger partial charge in [0.15, 0.2) is 0 Å². The normalized spacial score (nSPS) is 26.6. The number of esters is 1. The predicted molar refractivity (Wildman–Crippen MR) is 67.5 cm³/mol. The van der Waals surface area contributed by atoms with Crippen LogP contribution in [0.15, 0.2) is 12.2 Å². The lowest BCUT2D eigenvalue weighted by Gasteiger charge is -2.34. The summed E-state index contributed by atoms with van der Waals surface area (Å²) in [5.74, 6) is -0.671. The molecule has 3 nitrogen and oxygen atoms in total. The Bertz CT molecular complexity index is 283. The highest BCUT2D eigenvalue weighted by molar-refractivity contribution is 5.74. The first kappa shape index (κ1) is 14.2. The summed E-state index contributed by atoms with van der Waals surface area (Å²) in [4.78, 5) is 12.0. The van der Waals surface area contributed by atoms with Crippen molar-refractivity contribution < 1.29 is 14.6 Å². The summed E-state index contributed by atoms with van der Waals surface area (Å²) in [5, 5.41) is 10.7. The van der Waals surface area contributed by atoms with Gasteiger partial charge in [-0.1, -0.05) is 26.0 Å². The number of carbonyl (C=O) groups excluding carboxylic acids is 1. The summed E-state index contributed by atoms with van der Waals surface area (Å²) < 4.78 is 5.09. The van der Waals surface area contributed by atoms with Gasteiger partial charge in [-0.3, -0.25) is 4.79 Å². The lowest BCUT2D eigenvalue weighted by Crippen LogP contribution is -2.44. The van der Waals surface area contributed by atoms with Crippen LogP contribution >= 0.6 is 0 Å². The maximum absolute atomic E-state index is 12.0. The number of carbonyl (C=O) groups is 1. The molecule has 1 rings (SSSR count). The van der Waals surface area contributed by atoms with Gasteiger partial charge in [-0.05, 0) is 38.5 Å². The summed E-state index contributed by atoms with van der Waals surface area (Å²) in [5.41, 5.74) is -1.03. The van der Waals surface area contributed by atoms with Gasteiger partial charge in [-0.2, -0.15) is 0 Å². The van der Waals surface area contributed by atoms with E-state index in [1.807, 2.05) is 26.0 Å². The first-order valence-electron chi connectivity index (χ1n) is 6.58. The maximum Gasteiger partial charge on any atom is 0.312 e. The monoisotopic (exact) mass is 240 g/mol. The molecule has 0 amide bonds. The number of ether oxygens (including phenoxy) is 1. The third-order valence-electron chi connectivity index (χ3n) is 3.35. The summed E-state index contributed by atoms with van der Waals surface area (Å²) in [6, 6.07) is 0. The minimum Gasteiger partial charge on any atom is -0.466 e. The second-order valence-electron chi connectivity index (χ2n) is 5.11. The molecule has 0 spiro atoms. The zero-order chi connectivity index (χ0) is 12.9. The Morgan fingerprint density at radius 1 is 1.47 bits per heavy atom. The van der Waals surface area contributed by atoms with E-state index in [0.717, 1.165) is 19.3 Å². The first-order chi connectivity index (χ1) is 8.01. The minimum absolute atomic E-state index is 0.0711. The van der Waals surface area contributed by atoms with E-state index in [2.05, 4.69) is 0 Å². The van der Waals surface area contributed by atoms with Crippen molar-refractivity contribution in [3.8, 4) is 0 Å². The second kappa shape index (κ2) is 6.20. The molecule has 0 heterocycles. The van der Waals surface area contributed by atoms with E-state index < -0.39 is 11.5 Å². The average molecular weight is 240 g/mol. The topological polar surface area (TPSA) is 46.5 Å². The van der Waals surface area contributed by atoms with Crippen molar-refractivity contribution in [1.82, 2.24) is 0 Å². The molecule has 3 heteroatoms. The van der Waals surface area contributed by atoms with Crippen LogP contribution in [0.5, 0.6) is 0 Å². The standard InChI is InChI=1S/C14H24O3/c1-4-17-13(15)12(11(2)3)14(16)9-7-5-6-8-10-14/h7,9,11-12,16H,4-6,8,10H2,1-3H3. The van der Waals surface area contributed by atoms with Crippen molar-refractivity contribution in [2.75, 3.05) is 6.61 Å². The van der Waals surface area contributed by atoms with Crippen molar-refractivity contribution in [2.45, 2.75) is 52.1 Å². The SMILES string of the molecule is CCOC(=O)C(C(C)C)C1(O)C=CCCCC1. The van der Waals surface area contributed by atoms with Gasteiger partial charge in [0.25, 0.3) is 0 Å². The lowest BCUT2D eigenvalue weighted by atomic mass is 9.77. The Balaban J connectivity index is 2.91. The predicted octanol–water partition coefficient (Wildman–Crippen LogP) is 2.68. The van der Waals surface area contributed by atoms with Gasteiger partial charge >= 0.3 is 5.97 Å². The van der Waals surface area contributed by atoms with Crippen LogP contribution in [-0.4, -0.2) is 23.3 Å². The van der Waals surface area contributed by atoms with E-state index in [-0.39, 0.29) is 11.9 Å². The van der Waals surface area contributed by atoms with Crippen LogP contribution < -0.4 is 0 Å². The number of aliphatic hydroxyl groups is 1. The highest BCUT2D eigenvalue weighted by atomic mass is 16.5.